The van der Waals surface area contributed by atoms with Crippen LogP contribution in [0.25, 0.3) is 106 Å². The van der Waals surface area contributed by atoms with Gasteiger partial charge in [-0.25, -0.2) is 15.0 Å². The molecule has 11 aromatic rings. The number of para-hydroxylation sites is 2. The van der Waals surface area contributed by atoms with Crippen LogP contribution in [-0.2, 0) is 0 Å². The normalized spacial score (nSPS) is 11.6. The van der Waals surface area contributed by atoms with Gasteiger partial charge in [0.2, 0.25) is 0 Å². The third-order valence-electron chi connectivity index (χ3n) is 10.7. The molecule has 0 aliphatic heterocycles. The molecule has 0 N–H and O–H groups in total. The van der Waals surface area contributed by atoms with Crippen LogP contribution in [0.4, 0.5) is 0 Å². The summed E-state index contributed by atoms with van der Waals surface area (Å²) in [6.07, 6.45) is 0. The van der Waals surface area contributed by atoms with Gasteiger partial charge in [-0.2, -0.15) is 0 Å². The van der Waals surface area contributed by atoms with E-state index < -0.39 is 0 Å². The summed E-state index contributed by atoms with van der Waals surface area (Å²) >= 11 is 0. The van der Waals surface area contributed by atoms with Crippen molar-refractivity contribution in [3.8, 4) is 62.1 Å². The van der Waals surface area contributed by atoms with E-state index in [2.05, 4.69) is 150 Å². The summed E-state index contributed by atoms with van der Waals surface area (Å²) in [5.41, 5.74) is 12.1. The molecule has 0 aliphatic rings. The lowest BCUT2D eigenvalue weighted by Crippen LogP contribution is -2.03. The minimum atomic E-state index is 0.593. The molecule has 0 atom stereocenters. The molecule has 0 saturated heterocycles. The Morgan fingerprint density at radius 1 is 0.321 bits per heavy atom. The van der Waals surface area contributed by atoms with Crippen molar-refractivity contribution in [1.29, 1.82) is 0 Å². The summed E-state index contributed by atoms with van der Waals surface area (Å²) in [5.74, 6) is 1.82. The third-order valence-corrected chi connectivity index (χ3v) is 10.7. The maximum absolute atomic E-state index is 6.48. The average Bonchev–Trinajstić information content (AvgIpc) is 3.80. The molecule has 262 valence electrons. The summed E-state index contributed by atoms with van der Waals surface area (Å²) in [6, 6.07) is 67.4. The zero-order chi connectivity index (χ0) is 37.0. The van der Waals surface area contributed by atoms with Crippen molar-refractivity contribution >= 4 is 43.7 Å². The molecule has 0 spiro atoms. The van der Waals surface area contributed by atoms with Gasteiger partial charge in [-0.3, -0.25) is 0 Å². The summed E-state index contributed by atoms with van der Waals surface area (Å²) in [6.45, 7) is 0. The van der Waals surface area contributed by atoms with Crippen molar-refractivity contribution in [3.63, 3.8) is 0 Å². The van der Waals surface area contributed by atoms with Crippen LogP contribution in [0, 0.1) is 0 Å². The van der Waals surface area contributed by atoms with Crippen LogP contribution in [0.2, 0.25) is 0 Å². The van der Waals surface area contributed by atoms with Gasteiger partial charge in [0.05, 0.1) is 16.7 Å². The molecule has 0 unspecified atom stereocenters. The number of rotatable bonds is 6. The Balaban J connectivity index is 1.16. The van der Waals surface area contributed by atoms with Crippen molar-refractivity contribution < 1.29 is 4.42 Å². The van der Waals surface area contributed by atoms with Gasteiger partial charge in [0.25, 0.3) is 0 Å². The van der Waals surface area contributed by atoms with E-state index in [4.69, 9.17) is 19.4 Å². The van der Waals surface area contributed by atoms with Crippen molar-refractivity contribution in [2.75, 3.05) is 0 Å². The zero-order valence-corrected chi connectivity index (χ0v) is 30.2. The monoisotopic (exact) mass is 716 g/mol. The maximum atomic E-state index is 6.48. The summed E-state index contributed by atoms with van der Waals surface area (Å²) in [7, 11) is 0. The molecule has 0 aliphatic carbocycles. The Bertz CT molecular complexity index is 3220. The fraction of sp³-hybridized carbons (Fsp3) is 0. The molecule has 56 heavy (non-hydrogen) atoms. The highest BCUT2D eigenvalue weighted by atomic mass is 16.3. The first kappa shape index (κ1) is 31.9. The fourth-order valence-corrected chi connectivity index (χ4v) is 7.95. The average molecular weight is 717 g/mol. The highest BCUT2D eigenvalue weighted by Gasteiger charge is 2.21. The zero-order valence-electron chi connectivity index (χ0n) is 30.2. The minimum Gasteiger partial charge on any atom is -0.456 e. The Hall–Kier alpha value is -7.63. The van der Waals surface area contributed by atoms with E-state index in [1.54, 1.807) is 0 Å². The largest absolute Gasteiger partial charge is 0.456 e. The van der Waals surface area contributed by atoms with E-state index >= 15 is 0 Å². The molecular formula is C51H32N4O. The topological polar surface area (TPSA) is 56.7 Å². The van der Waals surface area contributed by atoms with E-state index in [1.807, 2.05) is 48.5 Å². The van der Waals surface area contributed by atoms with E-state index in [9.17, 15) is 0 Å². The van der Waals surface area contributed by atoms with Crippen molar-refractivity contribution in [2.24, 2.45) is 0 Å². The van der Waals surface area contributed by atoms with Gasteiger partial charge in [0.1, 0.15) is 11.2 Å². The van der Waals surface area contributed by atoms with Gasteiger partial charge in [-0.05, 0) is 52.6 Å². The second-order valence-electron chi connectivity index (χ2n) is 14.0. The minimum absolute atomic E-state index is 0.593. The number of furan rings is 1. The molecule has 11 rings (SSSR count). The molecular weight excluding hydrogens is 685 g/mol. The van der Waals surface area contributed by atoms with Crippen LogP contribution in [0.5, 0.6) is 0 Å². The van der Waals surface area contributed by atoms with Crippen LogP contribution in [0.15, 0.2) is 199 Å². The highest BCUT2D eigenvalue weighted by molar-refractivity contribution is 6.18. The number of nitrogens with zero attached hydrogens (tertiary/aromatic N) is 4. The van der Waals surface area contributed by atoms with Gasteiger partial charge < -0.3 is 8.98 Å². The molecule has 0 saturated carbocycles. The first-order valence-corrected chi connectivity index (χ1v) is 18.8. The van der Waals surface area contributed by atoms with Crippen molar-refractivity contribution in [3.05, 3.63) is 194 Å². The number of aromatic nitrogens is 4. The Morgan fingerprint density at radius 3 is 1.57 bits per heavy atom. The van der Waals surface area contributed by atoms with E-state index in [-0.39, 0.29) is 0 Å². The van der Waals surface area contributed by atoms with E-state index in [0.717, 1.165) is 88.4 Å². The Labute approximate surface area is 322 Å². The standard InChI is InChI=1S/C51H32N4O/c1-4-14-33(15-5-1)35-24-26-37(27-25-35)50-52-49(36-18-8-3-9-19-36)53-51(54-50)41-21-10-12-22-44(41)55-45-30-38(34-16-6-2-7-17-34)28-29-39(45)42-31-43-40-20-11-13-23-47(40)56-48(43)32-46(42)55/h1-32H. The van der Waals surface area contributed by atoms with Crippen LogP contribution in [-0.4, -0.2) is 19.5 Å². The van der Waals surface area contributed by atoms with Crippen molar-refractivity contribution in [2.45, 2.75) is 0 Å². The van der Waals surface area contributed by atoms with E-state index in [0.29, 0.717) is 17.5 Å². The van der Waals surface area contributed by atoms with Gasteiger partial charge in [-0.15, -0.1) is 0 Å². The Morgan fingerprint density at radius 2 is 0.839 bits per heavy atom. The predicted octanol–water partition coefficient (Wildman–Crippen LogP) is 13.2. The smallest absolute Gasteiger partial charge is 0.166 e. The molecule has 0 bridgehead atoms. The highest BCUT2D eigenvalue weighted by Crippen LogP contribution is 2.41. The second kappa shape index (κ2) is 13.0. The van der Waals surface area contributed by atoms with Crippen LogP contribution in [0.3, 0.4) is 0 Å². The molecule has 5 nitrogen and oxygen atoms in total. The van der Waals surface area contributed by atoms with Gasteiger partial charge in [-0.1, -0.05) is 158 Å². The number of hydrogen-bond acceptors (Lipinski definition) is 4. The third kappa shape index (κ3) is 5.37. The number of hydrogen-bond donors (Lipinski definition) is 0. The Kier molecular flexibility index (Phi) is 7.42. The molecule has 3 heterocycles. The lowest BCUT2D eigenvalue weighted by molar-refractivity contribution is 0.669. The summed E-state index contributed by atoms with van der Waals surface area (Å²) in [5, 5.41) is 4.50. The quantitative estimate of drug-likeness (QED) is 0.172. The van der Waals surface area contributed by atoms with Crippen LogP contribution in [0.1, 0.15) is 0 Å². The summed E-state index contributed by atoms with van der Waals surface area (Å²) in [4.78, 5) is 15.5. The molecule has 0 radical (unpaired) electrons. The molecule has 0 amide bonds. The SMILES string of the molecule is c1ccc(-c2ccc(-c3nc(-c4ccccc4)nc(-c4ccccc4-n4c5cc(-c6ccccc6)ccc5c5cc6c(cc54)oc4ccccc46)n3)cc2)cc1. The molecule has 5 heteroatoms. The second-order valence-corrected chi connectivity index (χ2v) is 14.0. The first-order valence-electron chi connectivity index (χ1n) is 18.8. The fourth-order valence-electron chi connectivity index (χ4n) is 7.95. The van der Waals surface area contributed by atoms with Crippen molar-refractivity contribution in [1.82, 2.24) is 19.5 Å². The van der Waals surface area contributed by atoms with Gasteiger partial charge in [0.15, 0.2) is 17.5 Å². The molecule has 3 aromatic heterocycles. The number of benzene rings is 8. The first-order chi connectivity index (χ1) is 27.7. The van der Waals surface area contributed by atoms with Gasteiger partial charge >= 0.3 is 0 Å². The predicted molar refractivity (Wildman–Crippen MR) is 229 cm³/mol. The van der Waals surface area contributed by atoms with Gasteiger partial charge in [0, 0.05) is 44.3 Å². The number of fused-ring (bicyclic) bond motifs is 6. The lowest BCUT2D eigenvalue weighted by Gasteiger charge is -2.15. The molecule has 0 fully saturated rings. The molecule has 8 aromatic carbocycles. The maximum Gasteiger partial charge on any atom is 0.166 e. The van der Waals surface area contributed by atoms with Crippen LogP contribution >= 0.6 is 0 Å². The van der Waals surface area contributed by atoms with Crippen LogP contribution < -0.4 is 0 Å². The van der Waals surface area contributed by atoms with E-state index in [1.165, 1.54) is 0 Å². The lowest BCUT2D eigenvalue weighted by atomic mass is 10.0. The summed E-state index contributed by atoms with van der Waals surface area (Å²) < 4.78 is 8.82.